The van der Waals surface area contributed by atoms with Crippen molar-refractivity contribution < 1.29 is 14.3 Å². The summed E-state index contributed by atoms with van der Waals surface area (Å²) in [6.07, 6.45) is 2.61. The molecule has 0 saturated heterocycles. The number of allylic oxidation sites excluding steroid dienone is 1. The normalized spacial score (nSPS) is 34.5. The van der Waals surface area contributed by atoms with Crippen LogP contribution in [0, 0.1) is 5.92 Å². The van der Waals surface area contributed by atoms with E-state index < -0.39 is 0 Å². The van der Waals surface area contributed by atoms with Gasteiger partial charge in [-0.3, -0.25) is 4.79 Å². The van der Waals surface area contributed by atoms with Crippen LogP contribution in [0.3, 0.4) is 0 Å². The van der Waals surface area contributed by atoms with Gasteiger partial charge in [-0.05, 0) is 39.0 Å². The second kappa shape index (κ2) is 5.00. The molecule has 0 bridgehead atoms. The molecule has 0 heterocycles. The smallest absolute Gasteiger partial charge is 0.303 e. The van der Waals surface area contributed by atoms with Crippen LogP contribution < -0.4 is 0 Å². The van der Waals surface area contributed by atoms with Crippen molar-refractivity contribution >= 4 is 5.97 Å². The van der Waals surface area contributed by atoms with Crippen LogP contribution in [0.5, 0.6) is 0 Å². The van der Waals surface area contributed by atoms with Crippen LogP contribution in [0.4, 0.5) is 0 Å². The molecule has 1 saturated carbocycles. The predicted molar refractivity (Wildman–Crippen MR) is 63.1 cm³/mol. The fourth-order valence-corrected chi connectivity index (χ4v) is 2.30. The highest BCUT2D eigenvalue weighted by Crippen LogP contribution is 2.38. The Morgan fingerprint density at radius 1 is 1.44 bits per heavy atom. The Morgan fingerprint density at radius 3 is 2.50 bits per heavy atom. The summed E-state index contributed by atoms with van der Waals surface area (Å²) in [5.74, 6) is 0.197. The van der Waals surface area contributed by atoms with E-state index in [0.29, 0.717) is 5.92 Å². The van der Waals surface area contributed by atoms with Crippen LogP contribution >= 0.6 is 0 Å². The highest BCUT2D eigenvalue weighted by Gasteiger charge is 2.42. The van der Waals surface area contributed by atoms with Crippen molar-refractivity contribution in [3.63, 3.8) is 0 Å². The molecule has 0 aromatic heterocycles. The summed E-state index contributed by atoms with van der Waals surface area (Å²) in [5.41, 5.74) is 0.813. The van der Waals surface area contributed by atoms with Gasteiger partial charge >= 0.3 is 5.97 Å². The minimum atomic E-state index is -0.350. The van der Waals surface area contributed by atoms with Crippen molar-refractivity contribution in [3.05, 3.63) is 12.2 Å². The van der Waals surface area contributed by atoms with Gasteiger partial charge in [0.05, 0.1) is 0 Å². The molecule has 0 amide bonds. The van der Waals surface area contributed by atoms with E-state index in [1.54, 1.807) is 7.11 Å². The first-order valence-corrected chi connectivity index (χ1v) is 5.77. The van der Waals surface area contributed by atoms with Crippen LogP contribution in [0.1, 0.15) is 40.0 Å². The average molecular weight is 226 g/mol. The summed E-state index contributed by atoms with van der Waals surface area (Å²) >= 11 is 0. The van der Waals surface area contributed by atoms with Crippen LogP contribution in [0.15, 0.2) is 12.2 Å². The number of carbonyl (C=O) groups is 1. The summed E-state index contributed by atoms with van der Waals surface area (Å²) in [4.78, 5) is 11.1. The maximum absolute atomic E-state index is 11.1. The van der Waals surface area contributed by atoms with E-state index in [4.69, 9.17) is 9.47 Å². The summed E-state index contributed by atoms with van der Waals surface area (Å²) in [6.45, 7) is 9.47. The molecule has 3 atom stereocenters. The largest absolute Gasteiger partial charge is 0.459 e. The summed E-state index contributed by atoms with van der Waals surface area (Å²) in [6, 6.07) is 0. The molecule has 0 aromatic carbocycles. The fourth-order valence-electron chi connectivity index (χ4n) is 2.30. The van der Waals surface area contributed by atoms with E-state index in [-0.39, 0.29) is 17.7 Å². The van der Waals surface area contributed by atoms with E-state index in [2.05, 4.69) is 6.58 Å². The Balaban J connectivity index is 2.77. The van der Waals surface area contributed by atoms with Crippen LogP contribution in [0.25, 0.3) is 0 Å². The first kappa shape index (κ1) is 13.2. The van der Waals surface area contributed by atoms with E-state index in [9.17, 15) is 4.79 Å². The van der Waals surface area contributed by atoms with Crippen molar-refractivity contribution in [2.75, 3.05) is 7.11 Å². The highest BCUT2D eigenvalue weighted by atomic mass is 16.6. The molecule has 0 spiro atoms. The molecule has 1 rings (SSSR count). The van der Waals surface area contributed by atoms with Crippen LogP contribution in [-0.4, -0.2) is 24.8 Å². The molecule has 0 aromatic rings. The third-order valence-corrected chi connectivity index (χ3v) is 3.64. The van der Waals surface area contributed by atoms with Gasteiger partial charge in [0, 0.05) is 14.0 Å². The van der Waals surface area contributed by atoms with Gasteiger partial charge in [0.25, 0.3) is 0 Å². The molecule has 3 nitrogen and oxygen atoms in total. The predicted octanol–water partition coefficient (Wildman–Crippen LogP) is 2.70. The molecule has 16 heavy (non-hydrogen) atoms. The Morgan fingerprint density at radius 2 is 2.06 bits per heavy atom. The highest BCUT2D eigenvalue weighted by molar-refractivity contribution is 5.66. The lowest BCUT2D eigenvalue weighted by molar-refractivity contribution is -0.174. The zero-order valence-electron chi connectivity index (χ0n) is 10.7. The van der Waals surface area contributed by atoms with Crippen molar-refractivity contribution in [1.82, 2.24) is 0 Å². The lowest BCUT2D eigenvalue weighted by Crippen LogP contribution is -2.48. The number of esters is 1. The SMILES string of the molecule is C=C(C)C1CCC(C)(OC)C(OC(C)=O)C1. The van der Waals surface area contributed by atoms with Gasteiger partial charge in [-0.15, -0.1) is 0 Å². The van der Waals surface area contributed by atoms with Gasteiger partial charge in [0.2, 0.25) is 0 Å². The number of ether oxygens (including phenoxy) is 2. The molecule has 1 aliphatic rings. The monoisotopic (exact) mass is 226 g/mol. The number of rotatable bonds is 3. The van der Waals surface area contributed by atoms with Crippen LogP contribution in [-0.2, 0) is 14.3 Å². The van der Waals surface area contributed by atoms with Gasteiger partial charge in [-0.25, -0.2) is 0 Å². The third-order valence-electron chi connectivity index (χ3n) is 3.64. The van der Waals surface area contributed by atoms with Gasteiger partial charge in [0.1, 0.15) is 11.7 Å². The lowest BCUT2D eigenvalue weighted by Gasteiger charge is -2.42. The standard InChI is InChI=1S/C13H22O3/c1-9(2)11-6-7-13(4,15-5)12(8-11)16-10(3)14/h11-12H,1,6-8H2,2-5H3. The molecule has 0 N–H and O–H groups in total. The molecular weight excluding hydrogens is 204 g/mol. The molecule has 92 valence electrons. The van der Waals surface area contributed by atoms with Crippen molar-refractivity contribution in [3.8, 4) is 0 Å². The summed E-state index contributed by atoms with van der Waals surface area (Å²) in [5, 5.41) is 0. The fraction of sp³-hybridized carbons (Fsp3) is 0.769. The zero-order chi connectivity index (χ0) is 12.3. The Hall–Kier alpha value is -0.830. The van der Waals surface area contributed by atoms with E-state index >= 15 is 0 Å². The van der Waals surface area contributed by atoms with Crippen molar-refractivity contribution in [2.45, 2.75) is 51.7 Å². The number of methoxy groups -OCH3 is 1. The molecule has 1 aliphatic carbocycles. The molecule has 3 unspecified atom stereocenters. The molecule has 0 radical (unpaired) electrons. The molecule has 0 aliphatic heterocycles. The van der Waals surface area contributed by atoms with Gasteiger partial charge in [0.15, 0.2) is 0 Å². The Labute approximate surface area is 97.8 Å². The van der Waals surface area contributed by atoms with E-state index in [1.807, 2.05) is 13.8 Å². The van der Waals surface area contributed by atoms with Gasteiger partial charge in [-0.1, -0.05) is 12.2 Å². The maximum Gasteiger partial charge on any atom is 0.303 e. The number of carbonyl (C=O) groups excluding carboxylic acids is 1. The first-order valence-electron chi connectivity index (χ1n) is 5.77. The Bertz CT molecular complexity index is 285. The van der Waals surface area contributed by atoms with E-state index in [1.165, 1.54) is 6.92 Å². The topological polar surface area (TPSA) is 35.5 Å². The second-order valence-corrected chi connectivity index (χ2v) is 4.93. The van der Waals surface area contributed by atoms with Gasteiger partial charge in [-0.2, -0.15) is 0 Å². The summed E-state index contributed by atoms with van der Waals surface area (Å²) < 4.78 is 10.9. The van der Waals surface area contributed by atoms with Crippen molar-refractivity contribution in [2.24, 2.45) is 5.92 Å². The quantitative estimate of drug-likeness (QED) is 0.548. The number of hydrogen-bond donors (Lipinski definition) is 0. The number of hydrogen-bond acceptors (Lipinski definition) is 3. The maximum atomic E-state index is 11.1. The Kier molecular flexibility index (Phi) is 4.14. The zero-order valence-corrected chi connectivity index (χ0v) is 10.7. The third kappa shape index (κ3) is 2.85. The van der Waals surface area contributed by atoms with Crippen molar-refractivity contribution in [1.29, 1.82) is 0 Å². The molecule has 3 heteroatoms. The molecular formula is C13H22O3. The van der Waals surface area contributed by atoms with Crippen LogP contribution in [0.2, 0.25) is 0 Å². The first-order chi connectivity index (χ1) is 7.39. The summed E-state index contributed by atoms with van der Waals surface area (Å²) in [7, 11) is 1.68. The van der Waals surface area contributed by atoms with Gasteiger partial charge < -0.3 is 9.47 Å². The average Bonchev–Trinajstić information content (AvgIpc) is 2.20. The minimum absolute atomic E-state index is 0.162. The molecule has 1 fully saturated rings. The second-order valence-electron chi connectivity index (χ2n) is 4.93. The van der Waals surface area contributed by atoms with E-state index in [0.717, 1.165) is 24.8 Å². The minimum Gasteiger partial charge on any atom is -0.459 e. The lowest BCUT2D eigenvalue weighted by atomic mass is 9.75.